The van der Waals surface area contributed by atoms with Crippen LogP contribution in [0.3, 0.4) is 0 Å². The molecule has 0 saturated heterocycles. The van der Waals surface area contributed by atoms with E-state index in [-0.39, 0.29) is 16.2 Å². The summed E-state index contributed by atoms with van der Waals surface area (Å²) in [5.74, 6) is 2.91. The Bertz CT molecular complexity index is 1290. The van der Waals surface area contributed by atoms with Gasteiger partial charge in [0.25, 0.3) is 0 Å². The lowest BCUT2D eigenvalue weighted by molar-refractivity contribution is -0.0310. The number of fused-ring (bicyclic) bond motifs is 3. The molecule has 6 nitrogen and oxygen atoms in total. The molecule has 3 heterocycles. The third-order valence-corrected chi connectivity index (χ3v) is 9.77. The van der Waals surface area contributed by atoms with Crippen LogP contribution in [0.2, 0.25) is 0 Å². The number of oxazole rings is 1. The monoisotopic (exact) mass is 483 g/mol. The lowest BCUT2D eigenvalue weighted by atomic mass is 9.45. The largest absolute Gasteiger partial charge is 0.443 e. The molecular formula is C30H37N5O. The Labute approximate surface area is 213 Å². The molecule has 6 heteroatoms. The first-order chi connectivity index (χ1) is 17.3. The van der Waals surface area contributed by atoms with Crippen LogP contribution in [-0.2, 0) is 12.0 Å². The summed E-state index contributed by atoms with van der Waals surface area (Å²) in [5.41, 5.74) is 3.73. The third-order valence-electron chi connectivity index (χ3n) is 9.77. The molecule has 188 valence electrons. The van der Waals surface area contributed by atoms with Crippen LogP contribution in [0, 0.1) is 22.7 Å². The average molecular weight is 484 g/mol. The SMILES string of the molecule is C=C[C@@]1(C)CC[C@H]2C(=CC[C@@H]3[C@]2(C)CCC[C@@]3(C)c2ncc(Cn3cc(-c4ccccn4)nn3)o2)C1. The minimum atomic E-state index is -0.0616. The molecule has 0 aliphatic heterocycles. The fourth-order valence-electron chi connectivity index (χ4n) is 7.68. The van der Waals surface area contributed by atoms with Gasteiger partial charge < -0.3 is 4.42 Å². The van der Waals surface area contributed by atoms with E-state index >= 15 is 0 Å². The number of hydrogen-bond donors (Lipinski definition) is 0. The van der Waals surface area contributed by atoms with Gasteiger partial charge in [-0.05, 0) is 73.3 Å². The summed E-state index contributed by atoms with van der Waals surface area (Å²) in [7, 11) is 0. The maximum Gasteiger partial charge on any atom is 0.200 e. The van der Waals surface area contributed by atoms with Gasteiger partial charge in [-0.3, -0.25) is 4.98 Å². The predicted octanol–water partition coefficient (Wildman–Crippen LogP) is 6.76. The minimum absolute atomic E-state index is 0.0616. The van der Waals surface area contributed by atoms with Crippen molar-refractivity contribution in [3.8, 4) is 11.4 Å². The van der Waals surface area contributed by atoms with Crippen LogP contribution in [0.4, 0.5) is 0 Å². The zero-order chi connectivity index (χ0) is 25.0. The summed E-state index contributed by atoms with van der Waals surface area (Å²) >= 11 is 0. The first-order valence-corrected chi connectivity index (χ1v) is 13.4. The molecule has 3 aromatic heterocycles. The molecule has 0 N–H and O–H groups in total. The van der Waals surface area contributed by atoms with Crippen LogP contribution in [0.25, 0.3) is 11.4 Å². The van der Waals surface area contributed by atoms with Gasteiger partial charge in [-0.15, -0.1) is 11.7 Å². The fraction of sp³-hybridized carbons (Fsp3) is 0.533. The molecule has 5 atom stereocenters. The van der Waals surface area contributed by atoms with Crippen LogP contribution in [0.15, 0.2) is 65.5 Å². The number of nitrogens with zero attached hydrogens (tertiary/aromatic N) is 5. The van der Waals surface area contributed by atoms with Crippen molar-refractivity contribution in [2.75, 3.05) is 0 Å². The van der Waals surface area contributed by atoms with Gasteiger partial charge in [-0.25, -0.2) is 9.67 Å². The molecule has 0 spiro atoms. The normalized spacial score (nSPS) is 33.9. The quantitative estimate of drug-likeness (QED) is 0.375. The van der Waals surface area contributed by atoms with Gasteiger partial charge in [-0.2, -0.15) is 0 Å². The van der Waals surface area contributed by atoms with E-state index in [1.165, 1.54) is 32.1 Å². The van der Waals surface area contributed by atoms with Crippen molar-refractivity contribution in [2.45, 2.75) is 77.7 Å². The standard InChI is InChI=1S/C30H37N5O/c1-5-28(2)15-12-23-21(17-28)10-11-26-29(23,3)13-8-14-30(26,4)27-32-18-22(36-27)19-35-20-25(33-34-35)24-9-6-7-16-31-24/h5-7,9-10,16,18,20,23,26H,1,8,11-15,17,19H2,2-4H3/t23-,26+,28-,29+,30+/m0/s1. The molecule has 0 amide bonds. The van der Waals surface area contributed by atoms with Crippen molar-refractivity contribution in [3.63, 3.8) is 0 Å². The van der Waals surface area contributed by atoms with Crippen molar-refractivity contribution in [1.82, 2.24) is 25.0 Å². The third kappa shape index (κ3) is 3.77. The lowest BCUT2D eigenvalue weighted by Crippen LogP contribution is -2.53. The Morgan fingerprint density at radius 3 is 2.83 bits per heavy atom. The van der Waals surface area contributed by atoms with Crippen LogP contribution in [0.1, 0.15) is 77.4 Å². The highest BCUT2D eigenvalue weighted by Gasteiger charge is 2.57. The van der Waals surface area contributed by atoms with Crippen LogP contribution >= 0.6 is 0 Å². The van der Waals surface area contributed by atoms with Crippen LogP contribution in [0.5, 0.6) is 0 Å². The van der Waals surface area contributed by atoms with E-state index in [1.807, 2.05) is 30.6 Å². The molecule has 0 aromatic carbocycles. The van der Waals surface area contributed by atoms with Crippen LogP contribution < -0.4 is 0 Å². The Morgan fingerprint density at radius 1 is 1.14 bits per heavy atom. The second-order valence-corrected chi connectivity index (χ2v) is 12.1. The molecule has 3 aliphatic rings. The van der Waals surface area contributed by atoms with Gasteiger partial charge in [0.2, 0.25) is 5.89 Å². The van der Waals surface area contributed by atoms with E-state index < -0.39 is 0 Å². The molecule has 0 bridgehead atoms. The van der Waals surface area contributed by atoms with Gasteiger partial charge in [0.1, 0.15) is 18.0 Å². The lowest BCUT2D eigenvalue weighted by Gasteiger charge is -2.59. The Kier molecular flexibility index (Phi) is 5.54. The van der Waals surface area contributed by atoms with E-state index in [4.69, 9.17) is 9.40 Å². The molecule has 36 heavy (non-hydrogen) atoms. The fourth-order valence-corrected chi connectivity index (χ4v) is 7.68. The first-order valence-electron chi connectivity index (χ1n) is 13.4. The molecule has 3 aromatic rings. The summed E-state index contributed by atoms with van der Waals surface area (Å²) < 4.78 is 8.28. The van der Waals surface area contributed by atoms with Gasteiger partial charge in [-0.1, -0.05) is 56.2 Å². The molecule has 3 aliphatic carbocycles. The van der Waals surface area contributed by atoms with Gasteiger partial charge in [0, 0.05) is 11.6 Å². The predicted molar refractivity (Wildman–Crippen MR) is 140 cm³/mol. The first kappa shape index (κ1) is 23.4. The number of aromatic nitrogens is 5. The Balaban J connectivity index is 1.24. The smallest absolute Gasteiger partial charge is 0.200 e. The van der Waals surface area contributed by atoms with E-state index in [2.05, 4.69) is 54.8 Å². The van der Waals surface area contributed by atoms with E-state index in [0.29, 0.717) is 18.4 Å². The molecule has 0 unspecified atom stereocenters. The number of pyridine rings is 1. The van der Waals surface area contributed by atoms with Crippen molar-refractivity contribution >= 4 is 0 Å². The van der Waals surface area contributed by atoms with Crippen molar-refractivity contribution in [2.24, 2.45) is 22.7 Å². The zero-order valence-electron chi connectivity index (χ0n) is 21.8. The highest BCUT2D eigenvalue weighted by molar-refractivity contribution is 5.51. The van der Waals surface area contributed by atoms with E-state index in [9.17, 15) is 0 Å². The van der Waals surface area contributed by atoms with Crippen molar-refractivity contribution < 1.29 is 4.42 Å². The Hall–Kier alpha value is -3.02. The summed E-state index contributed by atoms with van der Waals surface area (Å²) in [4.78, 5) is 9.23. The average Bonchev–Trinajstić information content (AvgIpc) is 3.55. The summed E-state index contributed by atoms with van der Waals surface area (Å²) in [5, 5.41) is 8.58. The minimum Gasteiger partial charge on any atom is -0.443 e. The summed E-state index contributed by atoms with van der Waals surface area (Å²) in [6.45, 7) is 12.0. The van der Waals surface area contributed by atoms with Gasteiger partial charge in [0.15, 0.2) is 0 Å². The second-order valence-electron chi connectivity index (χ2n) is 12.1. The Morgan fingerprint density at radius 2 is 2.03 bits per heavy atom. The molecule has 6 rings (SSSR count). The highest BCUT2D eigenvalue weighted by atomic mass is 16.4. The van der Waals surface area contributed by atoms with E-state index in [1.54, 1.807) is 16.5 Å². The number of allylic oxidation sites excluding steroid dienone is 3. The molecular weight excluding hydrogens is 446 g/mol. The van der Waals surface area contributed by atoms with Crippen molar-refractivity contribution in [1.29, 1.82) is 0 Å². The summed E-state index contributed by atoms with van der Waals surface area (Å²) in [6, 6.07) is 5.80. The number of hydrogen-bond acceptors (Lipinski definition) is 5. The topological polar surface area (TPSA) is 69.6 Å². The van der Waals surface area contributed by atoms with E-state index in [0.717, 1.165) is 35.9 Å². The van der Waals surface area contributed by atoms with Gasteiger partial charge in [0.05, 0.1) is 18.1 Å². The van der Waals surface area contributed by atoms with Crippen LogP contribution in [-0.4, -0.2) is 25.0 Å². The zero-order valence-corrected chi connectivity index (χ0v) is 21.8. The number of rotatable bonds is 5. The molecule has 2 saturated carbocycles. The maximum atomic E-state index is 6.48. The highest BCUT2D eigenvalue weighted by Crippen LogP contribution is 2.64. The maximum absolute atomic E-state index is 6.48. The second kappa shape index (κ2) is 8.53. The summed E-state index contributed by atoms with van der Waals surface area (Å²) in [6.07, 6.45) is 18.7. The molecule has 0 radical (unpaired) electrons. The molecule has 2 fully saturated rings. The van der Waals surface area contributed by atoms with Gasteiger partial charge >= 0.3 is 0 Å². The van der Waals surface area contributed by atoms with Crippen molar-refractivity contribution in [3.05, 3.63) is 72.7 Å².